The maximum absolute atomic E-state index is 12.3. The number of rotatable bonds is 4. The fraction of sp³-hybridized carbons (Fsp3) is 0.556. The van der Waals surface area contributed by atoms with E-state index < -0.39 is 11.9 Å². The van der Waals surface area contributed by atoms with Crippen LogP contribution in [-0.4, -0.2) is 40.7 Å². The molecule has 1 aliphatic rings. The van der Waals surface area contributed by atoms with E-state index in [2.05, 4.69) is 45.0 Å². The van der Waals surface area contributed by atoms with Crippen molar-refractivity contribution in [3.63, 3.8) is 0 Å². The lowest BCUT2D eigenvalue weighted by molar-refractivity contribution is -0.145. The Hall–Kier alpha value is -1.49. The number of piperidine rings is 1. The van der Waals surface area contributed by atoms with Crippen LogP contribution in [0.4, 0.5) is 0 Å². The van der Waals surface area contributed by atoms with Gasteiger partial charge in [-0.2, -0.15) is 0 Å². The zero-order valence-corrected chi connectivity index (χ0v) is 14.9. The first kappa shape index (κ1) is 17.9. The summed E-state index contributed by atoms with van der Waals surface area (Å²) in [4.78, 5) is 26.1. The molecule has 0 radical (unpaired) electrons. The maximum atomic E-state index is 12.3. The average molecular weight is 335 g/mol. The van der Waals surface area contributed by atoms with Crippen molar-refractivity contribution in [2.24, 2.45) is 5.92 Å². The number of carboxylic acid groups (broad SMARTS) is 1. The van der Waals surface area contributed by atoms with Crippen LogP contribution >= 0.6 is 11.8 Å². The smallest absolute Gasteiger partial charge is 0.308 e. The molecule has 1 N–H and O–H groups in total. The highest BCUT2D eigenvalue weighted by Gasteiger charge is 2.27. The van der Waals surface area contributed by atoms with E-state index in [1.165, 1.54) is 17.3 Å². The molecule has 1 aliphatic heterocycles. The van der Waals surface area contributed by atoms with Crippen molar-refractivity contribution in [1.82, 2.24) is 4.90 Å². The molecule has 1 saturated heterocycles. The van der Waals surface area contributed by atoms with Crippen LogP contribution in [0.25, 0.3) is 0 Å². The number of carboxylic acids is 1. The summed E-state index contributed by atoms with van der Waals surface area (Å²) in [6, 6.07) is 8.31. The summed E-state index contributed by atoms with van der Waals surface area (Å²) >= 11 is 1.51. The van der Waals surface area contributed by atoms with Crippen LogP contribution < -0.4 is 0 Å². The molecule has 0 bridgehead atoms. The second kappa shape index (κ2) is 7.39. The number of aliphatic carboxylic acids is 1. The van der Waals surface area contributed by atoms with Gasteiger partial charge in [0.2, 0.25) is 5.91 Å². The molecule has 5 heteroatoms. The van der Waals surface area contributed by atoms with Crippen LogP contribution in [0.2, 0.25) is 0 Å². The molecule has 1 aromatic carbocycles. The molecule has 1 fully saturated rings. The van der Waals surface area contributed by atoms with Crippen molar-refractivity contribution in [1.29, 1.82) is 0 Å². The van der Waals surface area contributed by atoms with Gasteiger partial charge in [-0.25, -0.2) is 0 Å². The van der Waals surface area contributed by atoms with E-state index >= 15 is 0 Å². The minimum Gasteiger partial charge on any atom is -0.481 e. The predicted octanol–water partition coefficient (Wildman–Crippen LogP) is 3.40. The summed E-state index contributed by atoms with van der Waals surface area (Å²) in [5.41, 5.74) is 1.40. The van der Waals surface area contributed by atoms with E-state index in [-0.39, 0.29) is 11.3 Å². The third-order valence-corrected chi connectivity index (χ3v) is 5.20. The topological polar surface area (TPSA) is 57.6 Å². The Morgan fingerprint density at radius 2 is 1.91 bits per heavy atom. The van der Waals surface area contributed by atoms with Crippen LogP contribution in [0.1, 0.15) is 39.2 Å². The van der Waals surface area contributed by atoms with Crippen molar-refractivity contribution >= 4 is 23.6 Å². The number of thioether (sulfide) groups is 1. The van der Waals surface area contributed by atoms with Crippen molar-refractivity contribution < 1.29 is 14.7 Å². The molecule has 1 aromatic rings. The largest absolute Gasteiger partial charge is 0.481 e. The van der Waals surface area contributed by atoms with Crippen molar-refractivity contribution in [3.8, 4) is 0 Å². The monoisotopic (exact) mass is 335 g/mol. The van der Waals surface area contributed by atoms with E-state index in [0.717, 1.165) is 11.3 Å². The van der Waals surface area contributed by atoms with Crippen LogP contribution in [0.3, 0.4) is 0 Å². The molecule has 1 atom stereocenters. The van der Waals surface area contributed by atoms with Gasteiger partial charge >= 0.3 is 5.97 Å². The van der Waals surface area contributed by atoms with E-state index in [0.29, 0.717) is 25.3 Å². The molecule has 2 rings (SSSR count). The average Bonchev–Trinajstić information content (AvgIpc) is 2.52. The molecule has 4 nitrogen and oxygen atoms in total. The zero-order valence-electron chi connectivity index (χ0n) is 14.0. The highest BCUT2D eigenvalue weighted by atomic mass is 32.2. The summed E-state index contributed by atoms with van der Waals surface area (Å²) in [5.74, 6) is -0.821. The van der Waals surface area contributed by atoms with Crippen molar-refractivity contribution in [2.45, 2.75) is 43.9 Å². The second-order valence-corrected chi connectivity index (χ2v) is 8.13. The molecule has 0 aliphatic carbocycles. The molecule has 0 spiro atoms. The Morgan fingerprint density at radius 1 is 1.26 bits per heavy atom. The first-order chi connectivity index (χ1) is 10.8. The highest BCUT2D eigenvalue weighted by Crippen LogP contribution is 2.26. The fourth-order valence-corrected chi connectivity index (χ4v) is 3.49. The minimum atomic E-state index is -0.798. The Bertz CT molecular complexity index is 563. The van der Waals surface area contributed by atoms with Gasteiger partial charge in [0, 0.05) is 18.0 Å². The standard InChI is InChI=1S/C18H25NO3S/c1-18(2,3)14-6-8-15(9-7-14)23-12-16(20)19-10-4-5-13(11-19)17(21)22/h6-9,13H,4-5,10-12H2,1-3H3,(H,21,22). The highest BCUT2D eigenvalue weighted by molar-refractivity contribution is 8.00. The van der Waals surface area contributed by atoms with E-state index in [4.69, 9.17) is 5.11 Å². The number of nitrogens with zero attached hydrogens (tertiary/aromatic N) is 1. The van der Waals surface area contributed by atoms with Gasteiger partial charge in [-0.15, -0.1) is 11.8 Å². The predicted molar refractivity (Wildman–Crippen MR) is 92.8 cm³/mol. The number of carbonyl (C=O) groups excluding carboxylic acids is 1. The van der Waals surface area contributed by atoms with Gasteiger partial charge in [0.25, 0.3) is 0 Å². The third-order valence-electron chi connectivity index (χ3n) is 4.21. The lowest BCUT2D eigenvalue weighted by Crippen LogP contribution is -2.43. The molecule has 1 amide bonds. The second-order valence-electron chi connectivity index (χ2n) is 7.08. The summed E-state index contributed by atoms with van der Waals surface area (Å²) < 4.78 is 0. The Balaban J connectivity index is 1.88. The molecule has 23 heavy (non-hydrogen) atoms. The Kier molecular flexibility index (Phi) is 5.74. The van der Waals surface area contributed by atoms with Crippen LogP contribution in [0, 0.1) is 5.92 Å². The van der Waals surface area contributed by atoms with Gasteiger partial charge in [0.05, 0.1) is 11.7 Å². The maximum Gasteiger partial charge on any atom is 0.308 e. The first-order valence-corrected chi connectivity index (χ1v) is 9.00. The summed E-state index contributed by atoms with van der Waals surface area (Å²) in [6.45, 7) is 7.54. The fourth-order valence-electron chi connectivity index (χ4n) is 2.69. The molecule has 126 valence electrons. The summed E-state index contributed by atoms with van der Waals surface area (Å²) in [7, 11) is 0. The SMILES string of the molecule is CC(C)(C)c1ccc(SCC(=O)N2CCCC(C(=O)O)C2)cc1. The summed E-state index contributed by atoms with van der Waals surface area (Å²) in [5, 5.41) is 9.09. The molecular weight excluding hydrogens is 310 g/mol. The van der Waals surface area contributed by atoms with Gasteiger partial charge in [-0.05, 0) is 36.0 Å². The van der Waals surface area contributed by atoms with Crippen LogP contribution in [0.15, 0.2) is 29.2 Å². The Morgan fingerprint density at radius 3 is 2.48 bits per heavy atom. The van der Waals surface area contributed by atoms with E-state index in [1.807, 2.05) is 0 Å². The van der Waals surface area contributed by atoms with Gasteiger partial charge in [-0.3, -0.25) is 9.59 Å². The molecule has 0 saturated carbocycles. The number of carbonyl (C=O) groups is 2. The molecule has 1 heterocycles. The van der Waals surface area contributed by atoms with Gasteiger partial charge in [0.15, 0.2) is 0 Å². The molecule has 1 unspecified atom stereocenters. The van der Waals surface area contributed by atoms with Gasteiger partial charge in [0.1, 0.15) is 0 Å². The van der Waals surface area contributed by atoms with Crippen LogP contribution in [-0.2, 0) is 15.0 Å². The van der Waals surface area contributed by atoms with E-state index in [1.54, 1.807) is 4.90 Å². The van der Waals surface area contributed by atoms with E-state index in [9.17, 15) is 9.59 Å². The quantitative estimate of drug-likeness (QED) is 0.857. The lowest BCUT2D eigenvalue weighted by Gasteiger charge is -2.30. The van der Waals surface area contributed by atoms with Gasteiger partial charge < -0.3 is 10.0 Å². The van der Waals surface area contributed by atoms with Crippen molar-refractivity contribution in [3.05, 3.63) is 29.8 Å². The normalized spacial score (nSPS) is 18.7. The summed E-state index contributed by atoms with van der Waals surface area (Å²) in [6.07, 6.45) is 1.44. The minimum absolute atomic E-state index is 0.0286. The first-order valence-electron chi connectivity index (χ1n) is 8.01. The van der Waals surface area contributed by atoms with Gasteiger partial charge in [-0.1, -0.05) is 32.9 Å². The number of amides is 1. The number of benzene rings is 1. The zero-order chi connectivity index (χ0) is 17.0. The van der Waals surface area contributed by atoms with Crippen molar-refractivity contribution in [2.75, 3.05) is 18.8 Å². The third kappa shape index (κ3) is 4.99. The number of hydrogen-bond donors (Lipinski definition) is 1. The Labute approximate surface area is 142 Å². The lowest BCUT2D eigenvalue weighted by atomic mass is 9.87. The molecule has 0 aromatic heterocycles. The van der Waals surface area contributed by atoms with Crippen LogP contribution in [0.5, 0.6) is 0 Å². The molecular formula is C18H25NO3S. The number of hydrogen-bond acceptors (Lipinski definition) is 3. The number of likely N-dealkylation sites (tertiary alicyclic amines) is 1.